The van der Waals surface area contributed by atoms with Crippen LogP contribution >= 0.6 is 11.8 Å². The van der Waals surface area contributed by atoms with E-state index >= 15 is 0 Å². The maximum Gasteiger partial charge on any atom is 0.303 e. The highest BCUT2D eigenvalue weighted by molar-refractivity contribution is 8.00. The quantitative estimate of drug-likeness (QED) is 0.763. The smallest absolute Gasteiger partial charge is 0.303 e. The lowest BCUT2D eigenvalue weighted by molar-refractivity contribution is -0.136. The molecule has 3 nitrogen and oxygen atoms in total. The number of hydrogen-bond donors (Lipinski definition) is 1. The minimum absolute atomic E-state index is 0.130. The van der Waals surface area contributed by atoms with E-state index in [0.717, 1.165) is 33.9 Å². The van der Waals surface area contributed by atoms with Gasteiger partial charge in [0.2, 0.25) is 0 Å². The third-order valence-electron chi connectivity index (χ3n) is 4.41. The summed E-state index contributed by atoms with van der Waals surface area (Å²) in [6, 6.07) is 12.4. The molecule has 1 N–H and O–H groups in total. The Morgan fingerprint density at radius 2 is 1.96 bits per heavy atom. The molecule has 0 atom stereocenters. The van der Waals surface area contributed by atoms with E-state index in [2.05, 4.69) is 0 Å². The van der Waals surface area contributed by atoms with Crippen molar-refractivity contribution in [3.8, 4) is 5.75 Å². The summed E-state index contributed by atoms with van der Waals surface area (Å²) < 4.78 is 19.2. The molecule has 136 valence electrons. The first kappa shape index (κ1) is 18.5. The summed E-state index contributed by atoms with van der Waals surface area (Å²) in [6.45, 7) is 2.48. The van der Waals surface area contributed by atoms with Crippen LogP contribution in [0.2, 0.25) is 0 Å². The van der Waals surface area contributed by atoms with E-state index in [1.807, 2.05) is 49.0 Å². The molecular weight excluding hydrogens is 351 g/mol. The number of aryl methyl sites for hydroxylation is 2. The third kappa shape index (κ3) is 4.67. The predicted octanol–water partition coefficient (Wildman–Crippen LogP) is 4.73. The molecule has 1 heterocycles. The number of carboxylic acid groups (broad SMARTS) is 1. The molecule has 0 radical (unpaired) electrons. The molecule has 3 rings (SSSR count). The Kier molecular flexibility index (Phi) is 5.99. The van der Waals surface area contributed by atoms with Crippen molar-refractivity contribution >= 4 is 23.3 Å². The monoisotopic (exact) mass is 372 g/mol. The second-order valence-electron chi connectivity index (χ2n) is 6.36. The van der Waals surface area contributed by atoms with Crippen LogP contribution in [0.15, 0.2) is 48.0 Å². The largest absolute Gasteiger partial charge is 0.489 e. The van der Waals surface area contributed by atoms with Gasteiger partial charge in [0.25, 0.3) is 0 Å². The number of benzene rings is 2. The summed E-state index contributed by atoms with van der Waals surface area (Å²) in [5.41, 5.74) is 5.51. The van der Waals surface area contributed by atoms with Gasteiger partial charge in [-0.3, -0.25) is 4.79 Å². The van der Waals surface area contributed by atoms with E-state index < -0.39 is 5.97 Å². The van der Waals surface area contributed by atoms with E-state index in [1.54, 1.807) is 0 Å². The summed E-state index contributed by atoms with van der Waals surface area (Å²) in [6.07, 6.45) is 0.651. The normalized spacial score (nSPS) is 13.9. The van der Waals surface area contributed by atoms with Gasteiger partial charge in [0.15, 0.2) is 0 Å². The molecule has 0 bridgehead atoms. The Balaban J connectivity index is 1.68. The van der Waals surface area contributed by atoms with Gasteiger partial charge in [-0.25, -0.2) is 4.39 Å². The van der Waals surface area contributed by atoms with Crippen LogP contribution in [0.1, 0.15) is 23.1 Å². The second kappa shape index (κ2) is 8.41. The van der Waals surface area contributed by atoms with E-state index in [9.17, 15) is 9.18 Å². The number of halogens is 1. The van der Waals surface area contributed by atoms with Crippen molar-refractivity contribution in [1.82, 2.24) is 0 Å². The SMILES string of the molecule is Cc1cc(CCC(=O)O)ccc1OCC1=C(c2ccc(F)cc2)CSC1. The van der Waals surface area contributed by atoms with Crippen molar-refractivity contribution in [2.45, 2.75) is 19.8 Å². The molecule has 2 aromatic carbocycles. The van der Waals surface area contributed by atoms with E-state index in [4.69, 9.17) is 9.84 Å². The van der Waals surface area contributed by atoms with E-state index in [0.29, 0.717) is 13.0 Å². The Morgan fingerprint density at radius 1 is 1.19 bits per heavy atom. The fourth-order valence-electron chi connectivity index (χ4n) is 2.98. The maximum atomic E-state index is 13.1. The highest BCUT2D eigenvalue weighted by Crippen LogP contribution is 2.33. The topological polar surface area (TPSA) is 46.5 Å². The summed E-state index contributed by atoms with van der Waals surface area (Å²) >= 11 is 1.84. The first-order valence-corrected chi connectivity index (χ1v) is 9.67. The van der Waals surface area contributed by atoms with Gasteiger partial charge in [-0.1, -0.05) is 24.3 Å². The Morgan fingerprint density at radius 3 is 2.65 bits per heavy atom. The molecule has 0 saturated heterocycles. The summed E-state index contributed by atoms with van der Waals surface area (Å²) in [5.74, 6) is 1.63. The van der Waals surface area contributed by atoms with Crippen LogP contribution in [-0.2, 0) is 11.2 Å². The number of hydrogen-bond acceptors (Lipinski definition) is 3. The molecule has 1 aliphatic rings. The van der Waals surface area contributed by atoms with Crippen LogP contribution in [0, 0.1) is 12.7 Å². The lowest BCUT2D eigenvalue weighted by atomic mass is 10.0. The van der Waals surface area contributed by atoms with Gasteiger partial charge in [0.1, 0.15) is 18.2 Å². The highest BCUT2D eigenvalue weighted by atomic mass is 32.2. The number of carbonyl (C=O) groups is 1. The van der Waals surface area contributed by atoms with Crippen molar-refractivity contribution in [2.75, 3.05) is 18.1 Å². The van der Waals surface area contributed by atoms with Crippen LogP contribution in [-0.4, -0.2) is 29.2 Å². The van der Waals surface area contributed by atoms with Crippen molar-refractivity contribution < 1.29 is 19.0 Å². The van der Waals surface area contributed by atoms with Gasteiger partial charge in [0, 0.05) is 17.9 Å². The standard InChI is InChI=1S/C21H21FO3S/c1-14-10-15(3-9-21(23)24)2-8-20(14)25-11-17-12-26-13-19(17)16-4-6-18(22)7-5-16/h2,4-8,10H,3,9,11-13H2,1H3,(H,23,24). The average molecular weight is 372 g/mol. The van der Waals surface area contributed by atoms with E-state index in [1.165, 1.54) is 23.3 Å². The summed E-state index contributed by atoms with van der Waals surface area (Å²) in [7, 11) is 0. The van der Waals surface area contributed by atoms with E-state index in [-0.39, 0.29) is 12.2 Å². The van der Waals surface area contributed by atoms with Gasteiger partial charge in [0.05, 0.1) is 0 Å². The van der Waals surface area contributed by atoms with Gasteiger partial charge < -0.3 is 9.84 Å². The average Bonchev–Trinajstić information content (AvgIpc) is 3.08. The van der Waals surface area contributed by atoms with Crippen LogP contribution in [0.5, 0.6) is 5.75 Å². The van der Waals surface area contributed by atoms with Crippen molar-refractivity contribution in [3.63, 3.8) is 0 Å². The zero-order chi connectivity index (χ0) is 18.5. The van der Waals surface area contributed by atoms with Crippen LogP contribution < -0.4 is 4.74 Å². The molecule has 0 spiro atoms. The summed E-state index contributed by atoms with van der Waals surface area (Å²) in [5, 5.41) is 8.79. The molecular formula is C21H21FO3S. The Labute approximate surface area is 156 Å². The Bertz CT molecular complexity index is 828. The zero-order valence-electron chi connectivity index (χ0n) is 14.6. The molecule has 0 amide bonds. The number of rotatable bonds is 7. The predicted molar refractivity (Wildman–Crippen MR) is 103 cm³/mol. The van der Waals surface area contributed by atoms with Crippen LogP contribution in [0.4, 0.5) is 4.39 Å². The van der Waals surface area contributed by atoms with Crippen molar-refractivity contribution in [1.29, 1.82) is 0 Å². The molecule has 2 aromatic rings. The first-order chi connectivity index (χ1) is 12.5. The van der Waals surface area contributed by atoms with Gasteiger partial charge in [-0.2, -0.15) is 11.8 Å². The molecule has 1 aliphatic heterocycles. The minimum Gasteiger partial charge on any atom is -0.489 e. The number of thioether (sulfide) groups is 1. The lowest BCUT2D eigenvalue weighted by Crippen LogP contribution is -2.05. The van der Waals surface area contributed by atoms with Crippen LogP contribution in [0.3, 0.4) is 0 Å². The molecule has 5 heteroatoms. The molecule has 26 heavy (non-hydrogen) atoms. The fourth-order valence-corrected chi connectivity index (χ4v) is 4.16. The molecule has 0 saturated carbocycles. The van der Waals surface area contributed by atoms with Crippen molar-refractivity contribution in [3.05, 3.63) is 70.5 Å². The van der Waals surface area contributed by atoms with Crippen LogP contribution in [0.25, 0.3) is 5.57 Å². The Hall–Kier alpha value is -2.27. The van der Waals surface area contributed by atoms with Gasteiger partial charge in [-0.05, 0) is 59.4 Å². The molecule has 0 aliphatic carbocycles. The molecule has 0 fully saturated rings. The minimum atomic E-state index is -0.790. The third-order valence-corrected chi connectivity index (χ3v) is 5.46. The first-order valence-electron chi connectivity index (χ1n) is 8.51. The van der Waals surface area contributed by atoms with Crippen molar-refractivity contribution in [2.24, 2.45) is 0 Å². The number of aliphatic carboxylic acids is 1. The summed E-state index contributed by atoms with van der Waals surface area (Å²) in [4.78, 5) is 10.7. The van der Waals surface area contributed by atoms with Gasteiger partial charge >= 0.3 is 5.97 Å². The maximum absolute atomic E-state index is 13.1. The number of carboxylic acids is 1. The second-order valence-corrected chi connectivity index (χ2v) is 7.35. The molecule has 0 aromatic heterocycles. The lowest BCUT2D eigenvalue weighted by Gasteiger charge is -2.13. The fraction of sp³-hybridized carbons (Fsp3) is 0.286. The zero-order valence-corrected chi connectivity index (χ0v) is 15.4. The molecule has 0 unspecified atom stereocenters. The van der Waals surface area contributed by atoms with Gasteiger partial charge in [-0.15, -0.1) is 0 Å². The number of ether oxygens (including phenoxy) is 1. The highest BCUT2D eigenvalue weighted by Gasteiger charge is 2.17.